The highest BCUT2D eigenvalue weighted by Gasteiger charge is 2.28. The molecule has 2 aromatic carbocycles. The van der Waals surface area contributed by atoms with Crippen LogP contribution in [0.5, 0.6) is 0 Å². The molecule has 0 radical (unpaired) electrons. The SMILES string of the molecule is CCCN1CCc2nc3ccccc3c(C(=O)OC(C)C(=O)Nc3ccc(F)c(Cl)c3)c2C1. The number of nitrogens with one attached hydrogen (secondary N) is 1. The van der Waals surface area contributed by atoms with Crippen molar-refractivity contribution in [2.24, 2.45) is 0 Å². The molecule has 0 fully saturated rings. The van der Waals surface area contributed by atoms with Gasteiger partial charge in [-0.3, -0.25) is 14.7 Å². The Balaban J connectivity index is 1.60. The number of benzene rings is 2. The Labute approximate surface area is 196 Å². The number of halogens is 2. The van der Waals surface area contributed by atoms with Gasteiger partial charge in [0.25, 0.3) is 5.91 Å². The molecule has 6 nitrogen and oxygen atoms in total. The molecule has 1 aliphatic heterocycles. The number of amides is 1. The molecule has 0 saturated heterocycles. The minimum absolute atomic E-state index is 0.107. The molecule has 8 heteroatoms. The van der Waals surface area contributed by atoms with E-state index in [0.29, 0.717) is 23.2 Å². The lowest BCUT2D eigenvalue weighted by Gasteiger charge is -2.29. The van der Waals surface area contributed by atoms with Gasteiger partial charge >= 0.3 is 5.97 Å². The highest BCUT2D eigenvalue weighted by Crippen LogP contribution is 2.29. The van der Waals surface area contributed by atoms with Gasteiger partial charge < -0.3 is 10.1 Å². The molecule has 172 valence electrons. The van der Waals surface area contributed by atoms with E-state index in [0.717, 1.165) is 48.8 Å². The molecule has 1 atom stereocenters. The van der Waals surface area contributed by atoms with Crippen molar-refractivity contribution in [2.45, 2.75) is 39.3 Å². The molecule has 1 aliphatic rings. The zero-order valence-corrected chi connectivity index (χ0v) is 19.3. The van der Waals surface area contributed by atoms with Crippen LogP contribution in [-0.4, -0.2) is 41.0 Å². The fourth-order valence-corrected chi connectivity index (χ4v) is 4.26. The maximum atomic E-state index is 13.4. The number of carbonyl (C=O) groups excluding carboxylic acids is 2. The summed E-state index contributed by atoms with van der Waals surface area (Å²) in [7, 11) is 0. The first-order chi connectivity index (χ1) is 15.9. The molecule has 0 saturated carbocycles. The minimum atomic E-state index is -1.07. The fraction of sp³-hybridized carbons (Fsp3) is 0.320. The fourth-order valence-electron chi connectivity index (χ4n) is 4.08. The molecular formula is C25H25ClFN3O3. The van der Waals surface area contributed by atoms with Gasteiger partial charge in [-0.2, -0.15) is 0 Å². The van der Waals surface area contributed by atoms with Crippen molar-refractivity contribution in [3.63, 3.8) is 0 Å². The molecule has 3 aromatic rings. The first-order valence-corrected chi connectivity index (χ1v) is 11.3. The molecule has 4 rings (SSSR count). The predicted octanol–water partition coefficient (Wildman–Crippen LogP) is 4.98. The standard InChI is InChI=1S/C25H25ClFN3O3/c1-3-11-30-12-10-22-18(14-30)23(17-6-4-5-7-21(17)29-22)25(32)33-15(2)24(31)28-16-8-9-20(27)19(26)13-16/h4-9,13,15H,3,10-12,14H2,1-2H3,(H,28,31). The summed E-state index contributed by atoms with van der Waals surface area (Å²) in [6.45, 7) is 6.05. The number of hydrogen-bond donors (Lipinski definition) is 1. The van der Waals surface area contributed by atoms with E-state index >= 15 is 0 Å². The van der Waals surface area contributed by atoms with Crippen molar-refractivity contribution in [3.8, 4) is 0 Å². The molecular weight excluding hydrogens is 445 g/mol. The van der Waals surface area contributed by atoms with Crippen molar-refractivity contribution < 1.29 is 18.7 Å². The van der Waals surface area contributed by atoms with Crippen LogP contribution in [0.3, 0.4) is 0 Å². The first kappa shape index (κ1) is 23.1. The zero-order valence-electron chi connectivity index (χ0n) is 18.5. The number of nitrogens with zero attached hydrogens (tertiary/aromatic N) is 2. The summed E-state index contributed by atoms with van der Waals surface area (Å²) >= 11 is 5.78. The third-order valence-electron chi connectivity index (χ3n) is 5.71. The number of carbonyl (C=O) groups is 2. The third kappa shape index (κ3) is 4.99. The monoisotopic (exact) mass is 469 g/mol. The van der Waals surface area contributed by atoms with Crippen LogP contribution in [0.4, 0.5) is 10.1 Å². The van der Waals surface area contributed by atoms with E-state index in [1.54, 1.807) is 0 Å². The van der Waals surface area contributed by atoms with E-state index in [1.165, 1.54) is 19.1 Å². The topological polar surface area (TPSA) is 71.5 Å². The number of anilines is 1. The number of hydrogen-bond acceptors (Lipinski definition) is 5. The number of para-hydroxylation sites is 1. The van der Waals surface area contributed by atoms with Crippen LogP contribution >= 0.6 is 11.6 Å². The van der Waals surface area contributed by atoms with Crippen LogP contribution in [0.2, 0.25) is 5.02 Å². The summed E-state index contributed by atoms with van der Waals surface area (Å²) in [5, 5.41) is 3.20. The van der Waals surface area contributed by atoms with Crippen molar-refractivity contribution in [1.82, 2.24) is 9.88 Å². The smallest absolute Gasteiger partial charge is 0.339 e. The van der Waals surface area contributed by atoms with Gasteiger partial charge in [-0.25, -0.2) is 9.18 Å². The van der Waals surface area contributed by atoms with Gasteiger partial charge in [-0.1, -0.05) is 36.7 Å². The Hall–Kier alpha value is -3.03. The summed E-state index contributed by atoms with van der Waals surface area (Å²) < 4.78 is 19.0. The van der Waals surface area contributed by atoms with Gasteiger partial charge in [0, 0.05) is 41.8 Å². The number of rotatable bonds is 6. The Kier molecular flexibility index (Phi) is 6.91. The lowest BCUT2D eigenvalue weighted by molar-refractivity contribution is -0.123. The molecule has 1 unspecified atom stereocenters. The van der Waals surface area contributed by atoms with Crippen molar-refractivity contribution >= 4 is 40.1 Å². The van der Waals surface area contributed by atoms with Gasteiger partial charge in [-0.15, -0.1) is 0 Å². The quantitative estimate of drug-likeness (QED) is 0.515. The minimum Gasteiger partial charge on any atom is -0.449 e. The molecule has 1 N–H and O–H groups in total. The van der Waals surface area contributed by atoms with E-state index in [-0.39, 0.29) is 5.02 Å². The Bertz CT molecular complexity index is 1220. The number of esters is 1. The predicted molar refractivity (Wildman–Crippen MR) is 126 cm³/mol. The van der Waals surface area contributed by atoms with Crippen molar-refractivity contribution in [2.75, 3.05) is 18.4 Å². The van der Waals surface area contributed by atoms with Gasteiger partial charge in [0.1, 0.15) is 5.82 Å². The van der Waals surface area contributed by atoms with Crippen LogP contribution in [-0.2, 0) is 22.5 Å². The van der Waals surface area contributed by atoms with Gasteiger partial charge in [-0.05, 0) is 44.2 Å². The lowest BCUT2D eigenvalue weighted by atomic mass is 9.95. The Morgan fingerprint density at radius 3 is 2.82 bits per heavy atom. The summed E-state index contributed by atoms with van der Waals surface area (Å²) in [5.41, 5.74) is 3.25. The highest BCUT2D eigenvalue weighted by atomic mass is 35.5. The number of aromatic nitrogens is 1. The average Bonchev–Trinajstić information content (AvgIpc) is 2.80. The summed E-state index contributed by atoms with van der Waals surface area (Å²) in [4.78, 5) is 33.0. The van der Waals surface area contributed by atoms with E-state index in [9.17, 15) is 14.0 Å². The van der Waals surface area contributed by atoms with Crippen LogP contribution in [0, 0.1) is 5.82 Å². The van der Waals surface area contributed by atoms with Crippen LogP contribution < -0.4 is 5.32 Å². The second-order valence-electron chi connectivity index (χ2n) is 8.12. The lowest BCUT2D eigenvalue weighted by Crippen LogP contribution is -2.34. The Morgan fingerprint density at radius 1 is 1.27 bits per heavy atom. The highest BCUT2D eigenvalue weighted by molar-refractivity contribution is 6.31. The van der Waals surface area contributed by atoms with Gasteiger partial charge in [0.15, 0.2) is 6.10 Å². The molecule has 0 spiro atoms. The van der Waals surface area contributed by atoms with Crippen molar-refractivity contribution in [1.29, 1.82) is 0 Å². The molecule has 0 aliphatic carbocycles. The van der Waals surface area contributed by atoms with E-state index in [4.69, 9.17) is 21.3 Å². The molecule has 2 heterocycles. The van der Waals surface area contributed by atoms with Crippen LogP contribution in [0.15, 0.2) is 42.5 Å². The van der Waals surface area contributed by atoms with Gasteiger partial charge in [0.2, 0.25) is 0 Å². The summed E-state index contributed by atoms with van der Waals surface area (Å²) in [5.74, 6) is -1.69. The molecule has 0 bridgehead atoms. The first-order valence-electron chi connectivity index (χ1n) is 11.0. The van der Waals surface area contributed by atoms with Crippen molar-refractivity contribution in [3.05, 3.63) is 70.1 Å². The van der Waals surface area contributed by atoms with Gasteiger partial charge in [0.05, 0.1) is 16.1 Å². The zero-order chi connectivity index (χ0) is 23.5. The summed E-state index contributed by atoms with van der Waals surface area (Å²) in [6.07, 6.45) is 0.696. The largest absolute Gasteiger partial charge is 0.449 e. The second kappa shape index (κ2) is 9.85. The molecule has 33 heavy (non-hydrogen) atoms. The van der Waals surface area contributed by atoms with E-state index in [2.05, 4.69) is 17.1 Å². The number of ether oxygens (including phenoxy) is 1. The number of pyridine rings is 1. The van der Waals surface area contributed by atoms with Crippen LogP contribution in [0.25, 0.3) is 10.9 Å². The summed E-state index contributed by atoms with van der Waals surface area (Å²) in [6, 6.07) is 11.3. The maximum Gasteiger partial charge on any atom is 0.339 e. The third-order valence-corrected chi connectivity index (χ3v) is 6.00. The van der Waals surface area contributed by atoms with E-state index < -0.39 is 23.8 Å². The normalized spacial score (nSPS) is 14.5. The molecule has 1 amide bonds. The Morgan fingerprint density at radius 2 is 2.06 bits per heavy atom. The second-order valence-corrected chi connectivity index (χ2v) is 8.53. The maximum absolute atomic E-state index is 13.4. The average molecular weight is 470 g/mol. The molecule has 1 aromatic heterocycles. The van der Waals surface area contributed by atoms with Crippen LogP contribution in [0.1, 0.15) is 41.9 Å². The van der Waals surface area contributed by atoms with E-state index in [1.807, 2.05) is 24.3 Å². The number of fused-ring (bicyclic) bond motifs is 2.